The molecule has 0 saturated heterocycles. The number of rotatable bonds is 7. The van der Waals surface area contributed by atoms with Gasteiger partial charge in [0.15, 0.2) is 17.4 Å². The predicted octanol–water partition coefficient (Wildman–Crippen LogP) is 3.15. The quantitative estimate of drug-likeness (QED) is 0.354. The Morgan fingerprint density at radius 2 is 1.76 bits per heavy atom. The van der Waals surface area contributed by atoms with Gasteiger partial charge in [-0.25, -0.2) is 18.1 Å². The maximum atomic E-state index is 13.3. The molecule has 13 heteroatoms. The summed E-state index contributed by atoms with van der Waals surface area (Å²) >= 11 is 0. The van der Waals surface area contributed by atoms with Gasteiger partial charge >= 0.3 is 5.97 Å². The van der Waals surface area contributed by atoms with Gasteiger partial charge in [0.25, 0.3) is 0 Å². The Bertz CT molecular complexity index is 1480. The van der Waals surface area contributed by atoms with Gasteiger partial charge in [-0.3, -0.25) is 14.4 Å². The van der Waals surface area contributed by atoms with Crippen LogP contribution in [0.5, 0.6) is 5.75 Å². The number of nitriles is 1. The highest BCUT2D eigenvalue weighted by atomic mass is 32.2. The van der Waals surface area contributed by atoms with E-state index < -0.39 is 22.0 Å². The summed E-state index contributed by atoms with van der Waals surface area (Å²) in [4.78, 5) is 45.3. The second-order valence-corrected chi connectivity index (χ2v) is 13.0. The average Bonchev–Trinajstić information content (AvgIpc) is 3.27. The standard InChI is InChI=1S/C28H38N6O6S/c1-13-9-14(2)23(15(3)10-13)28(37)40-24-17(5)22(32-26(24)30-19(7)35)11-21-16(4)20(12-29)25(31-21)33-27(36)18(6)34-41(8,38)39/h11,13-15,18,23,32,34H,9-10H2,1-8H3,(H,30,35)(H,31,33,36)/b21-11-. The van der Waals surface area contributed by atoms with E-state index in [-0.39, 0.29) is 52.6 Å². The molecule has 0 radical (unpaired) electrons. The normalized spacial score (nSPS) is 24.5. The zero-order valence-electron chi connectivity index (χ0n) is 24.6. The van der Waals surface area contributed by atoms with Crippen LogP contribution in [-0.4, -0.2) is 49.3 Å². The first-order chi connectivity index (χ1) is 19.0. The van der Waals surface area contributed by atoms with E-state index in [1.807, 2.05) is 6.07 Å². The molecule has 3 rings (SSSR count). The zero-order valence-corrected chi connectivity index (χ0v) is 25.4. The Hall–Kier alpha value is -3.76. The van der Waals surface area contributed by atoms with Gasteiger partial charge in [0, 0.05) is 18.2 Å². The number of amides is 2. The minimum absolute atomic E-state index is 0.0177. The summed E-state index contributed by atoms with van der Waals surface area (Å²) in [6.07, 6.45) is 4.42. The van der Waals surface area contributed by atoms with Crippen LogP contribution in [-0.2, 0) is 24.4 Å². The molecule has 2 heterocycles. The average molecular weight is 587 g/mol. The Morgan fingerprint density at radius 1 is 1.15 bits per heavy atom. The number of aliphatic imine (C=N–C) groups is 1. The minimum Gasteiger partial charge on any atom is -0.422 e. The fourth-order valence-corrected chi connectivity index (χ4v) is 6.40. The molecule has 3 unspecified atom stereocenters. The third-order valence-corrected chi connectivity index (χ3v) is 8.21. The van der Waals surface area contributed by atoms with Gasteiger partial charge in [-0.15, -0.1) is 0 Å². The van der Waals surface area contributed by atoms with E-state index in [0.717, 1.165) is 19.1 Å². The molecule has 1 fully saturated rings. The van der Waals surface area contributed by atoms with Gasteiger partial charge in [0.2, 0.25) is 21.8 Å². The maximum Gasteiger partial charge on any atom is 0.315 e. The number of carbonyl (C=O) groups is 3. The number of esters is 1. The topological polar surface area (TPSA) is 183 Å². The number of nitrogens with zero attached hydrogens (tertiary/aromatic N) is 2. The third kappa shape index (κ3) is 7.51. The number of aromatic nitrogens is 1. The molecule has 1 aliphatic carbocycles. The molecule has 12 nitrogen and oxygen atoms in total. The van der Waals surface area contributed by atoms with E-state index >= 15 is 0 Å². The van der Waals surface area contributed by atoms with Crippen LogP contribution in [0.3, 0.4) is 0 Å². The number of ether oxygens (including phenoxy) is 1. The summed E-state index contributed by atoms with van der Waals surface area (Å²) in [5.41, 5.74) is 1.96. The first-order valence-corrected chi connectivity index (χ1v) is 15.3. The van der Waals surface area contributed by atoms with Crippen molar-refractivity contribution in [2.24, 2.45) is 28.7 Å². The molecule has 222 valence electrons. The first kappa shape index (κ1) is 31.8. The van der Waals surface area contributed by atoms with Crippen molar-refractivity contribution < 1.29 is 27.5 Å². The second kappa shape index (κ2) is 12.4. The van der Waals surface area contributed by atoms with Crippen molar-refractivity contribution in [2.75, 3.05) is 11.6 Å². The smallest absolute Gasteiger partial charge is 0.315 e. The van der Waals surface area contributed by atoms with E-state index in [1.165, 1.54) is 13.8 Å². The Labute approximate surface area is 240 Å². The number of carbonyl (C=O) groups excluding carboxylic acids is 3. The highest BCUT2D eigenvalue weighted by Crippen LogP contribution is 2.40. The van der Waals surface area contributed by atoms with Gasteiger partial charge in [-0.1, -0.05) is 20.8 Å². The number of sulfonamides is 1. The van der Waals surface area contributed by atoms with E-state index in [9.17, 15) is 28.1 Å². The van der Waals surface area contributed by atoms with E-state index in [4.69, 9.17) is 4.74 Å². The monoisotopic (exact) mass is 586 g/mol. The van der Waals surface area contributed by atoms with Crippen LogP contribution in [0.15, 0.2) is 21.8 Å². The highest BCUT2D eigenvalue weighted by Gasteiger charge is 2.38. The second-order valence-electron chi connectivity index (χ2n) is 11.2. The number of nitrogens with one attached hydrogen (secondary N) is 4. The molecule has 41 heavy (non-hydrogen) atoms. The van der Waals surface area contributed by atoms with Gasteiger partial charge in [-0.2, -0.15) is 5.26 Å². The molecule has 3 atom stereocenters. The number of hydrogen-bond donors (Lipinski definition) is 4. The minimum atomic E-state index is -3.63. The lowest BCUT2D eigenvalue weighted by Gasteiger charge is -2.36. The zero-order chi connectivity index (χ0) is 30.8. The van der Waals surface area contributed by atoms with Gasteiger partial charge in [-0.05, 0) is 63.0 Å². The lowest BCUT2D eigenvalue weighted by molar-refractivity contribution is -0.144. The summed E-state index contributed by atoms with van der Waals surface area (Å²) in [5.74, 6) is -0.437. The molecule has 1 saturated carbocycles. The third-order valence-electron chi connectivity index (χ3n) is 7.43. The van der Waals surface area contributed by atoms with Gasteiger partial charge in [0.05, 0.1) is 29.5 Å². The molecule has 0 bridgehead atoms. The summed E-state index contributed by atoms with van der Waals surface area (Å²) in [6, 6.07) is 0.926. The van der Waals surface area contributed by atoms with Crippen molar-refractivity contribution in [1.82, 2.24) is 15.0 Å². The van der Waals surface area contributed by atoms with Crippen LogP contribution in [0.25, 0.3) is 6.08 Å². The highest BCUT2D eigenvalue weighted by molar-refractivity contribution is 7.88. The lowest BCUT2D eigenvalue weighted by Crippen LogP contribution is -2.46. The van der Waals surface area contributed by atoms with Crippen molar-refractivity contribution in [3.8, 4) is 11.8 Å². The molecule has 4 N–H and O–H groups in total. The molecule has 1 aliphatic heterocycles. The Morgan fingerprint density at radius 3 is 2.29 bits per heavy atom. The lowest BCUT2D eigenvalue weighted by atomic mass is 9.69. The maximum absolute atomic E-state index is 13.3. The van der Waals surface area contributed by atoms with Crippen LogP contribution in [0, 0.1) is 41.9 Å². The molecule has 1 aromatic rings. The van der Waals surface area contributed by atoms with Crippen LogP contribution in [0.4, 0.5) is 5.82 Å². The van der Waals surface area contributed by atoms with Crippen molar-refractivity contribution in [2.45, 2.75) is 67.3 Å². The van der Waals surface area contributed by atoms with Gasteiger partial charge in [0.1, 0.15) is 6.07 Å². The van der Waals surface area contributed by atoms with Crippen LogP contribution in [0.1, 0.15) is 65.6 Å². The summed E-state index contributed by atoms with van der Waals surface area (Å²) in [5, 5.41) is 14.9. The Balaban J connectivity index is 1.95. The van der Waals surface area contributed by atoms with Crippen molar-refractivity contribution >= 4 is 45.5 Å². The number of amidine groups is 1. The number of anilines is 1. The molecular weight excluding hydrogens is 548 g/mol. The fraction of sp³-hybridized carbons (Fsp3) is 0.536. The van der Waals surface area contributed by atoms with Crippen LogP contribution < -0.4 is 20.1 Å². The van der Waals surface area contributed by atoms with Crippen molar-refractivity contribution in [3.63, 3.8) is 0 Å². The fourth-order valence-electron chi connectivity index (χ4n) is 5.65. The Kier molecular flexibility index (Phi) is 9.61. The van der Waals surface area contributed by atoms with E-state index in [0.29, 0.717) is 28.4 Å². The summed E-state index contributed by atoms with van der Waals surface area (Å²) in [7, 11) is -3.63. The molecule has 0 aromatic carbocycles. The molecule has 2 amide bonds. The molecule has 0 spiro atoms. The molecular formula is C28H38N6O6S. The van der Waals surface area contributed by atoms with Crippen LogP contribution in [0.2, 0.25) is 0 Å². The number of aromatic amines is 1. The molecule has 2 aliphatic rings. The SMILES string of the molecule is CC(=O)Nc1[nH]c(/C=C2\N=C(NC(=O)C(C)NS(C)(=O)=O)C(C#N)=C2C)c(C)c1OC(=O)C1C(C)CC(C)CC1C. The number of hydrogen-bond acceptors (Lipinski definition) is 8. The summed E-state index contributed by atoms with van der Waals surface area (Å²) in [6.45, 7) is 12.4. The van der Waals surface area contributed by atoms with Crippen molar-refractivity contribution in [3.05, 3.63) is 28.1 Å². The largest absolute Gasteiger partial charge is 0.422 e. The first-order valence-electron chi connectivity index (χ1n) is 13.4. The van der Waals surface area contributed by atoms with Crippen LogP contribution >= 0.6 is 0 Å². The van der Waals surface area contributed by atoms with Crippen molar-refractivity contribution in [1.29, 1.82) is 5.26 Å². The van der Waals surface area contributed by atoms with E-state index in [2.05, 4.69) is 46.1 Å². The summed E-state index contributed by atoms with van der Waals surface area (Å²) < 4.78 is 31.1. The number of H-pyrrole nitrogens is 1. The number of allylic oxidation sites excluding steroid dienone is 1. The predicted molar refractivity (Wildman–Crippen MR) is 155 cm³/mol. The van der Waals surface area contributed by atoms with E-state index in [1.54, 1.807) is 19.9 Å². The molecule has 1 aromatic heterocycles. The van der Waals surface area contributed by atoms with Gasteiger partial charge < -0.3 is 20.4 Å².